The third-order valence-corrected chi connectivity index (χ3v) is 4.02. The molecule has 0 bridgehead atoms. The average Bonchev–Trinajstić information content (AvgIpc) is 2.67. The van der Waals surface area contributed by atoms with Crippen LogP contribution in [0.3, 0.4) is 0 Å². The number of rotatable bonds is 4. The Kier molecular flexibility index (Phi) is 5.76. The van der Waals surface area contributed by atoms with Crippen LogP contribution < -0.4 is 0 Å². The molecule has 2 rings (SSSR count). The molecule has 1 atom stereocenters. The number of carbonyl (C=O) groups excluding carboxylic acids is 1. The number of esters is 1. The van der Waals surface area contributed by atoms with Gasteiger partial charge in [0.1, 0.15) is 6.04 Å². The van der Waals surface area contributed by atoms with Crippen molar-refractivity contribution in [1.29, 1.82) is 0 Å². The van der Waals surface area contributed by atoms with Gasteiger partial charge in [-0.3, -0.25) is 4.90 Å². The van der Waals surface area contributed by atoms with Crippen molar-refractivity contribution in [2.45, 2.75) is 26.3 Å². The van der Waals surface area contributed by atoms with Crippen LogP contribution in [0.4, 0.5) is 0 Å². The maximum Gasteiger partial charge on any atom is 0.328 e. The molecule has 1 aliphatic heterocycles. The van der Waals surface area contributed by atoms with Gasteiger partial charge in [-0.1, -0.05) is 29.8 Å². The number of nitrogens with zero attached hydrogens (tertiary/aromatic N) is 2. The summed E-state index contributed by atoms with van der Waals surface area (Å²) in [6.45, 7) is 8.25. The molecule has 1 heterocycles. The van der Waals surface area contributed by atoms with Gasteiger partial charge in [-0.25, -0.2) is 4.79 Å². The number of aryl methyl sites for hydroxylation is 1. The molecule has 116 valence electrons. The van der Waals surface area contributed by atoms with Crippen molar-refractivity contribution in [3.63, 3.8) is 0 Å². The lowest BCUT2D eigenvalue weighted by atomic mass is 10.0. The number of carbonyl (C=O) groups is 1. The van der Waals surface area contributed by atoms with E-state index in [1.54, 1.807) is 0 Å². The quantitative estimate of drug-likeness (QED) is 0.796. The summed E-state index contributed by atoms with van der Waals surface area (Å²) in [5, 5.41) is 0. The van der Waals surface area contributed by atoms with E-state index in [-0.39, 0.29) is 12.0 Å². The molecular weight excluding hydrogens is 264 g/mol. The lowest BCUT2D eigenvalue weighted by Gasteiger charge is -2.29. The Balaban J connectivity index is 2.22. The molecule has 1 fully saturated rings. The number of likely N-dealkylation sites (N-methyl/N-ethyl adjacent to an activating group) is 1. The molecule has 0 amide bonds. The maximum absolute atomic E-state index is 12.4. The Morgan fingerprint density at radius 2 is 1.90 bits per heavy atom. The van der Waals surface area contributed by atoms with Crippen molar-refractivity contribution >= 4 is 5.97 Å². The summed E-state index contributed by atoms with van der Waals surface area (Å²) in [4.78, 5) is 17.0. The van der Waals surface area contributed by atoms with E-state index in [0.717, 1.165) is 38.2 Å². The maximum atomic E-state index is 12.4. The highest BCUT2D eigenvalue weighted by Gasteiger charge is 2.29. The summed E-state index contributed by atoms with van der Waals surface area (Å²) in [6, 6.07) is 7.94. The van der Waals surface area contributed by atoms with Crippen LogP contribution in [0, 0.1) is 6.92 Å². The minimum absolute atomic E-state index is 0.133. The summed E-state index contributed by atoms with van der Waals surface area (Å²) in [6.07, 6.45) is 1.08. The molecule has 0 saturated carbocycles. The van der Waals surface area contributed by atoms with Crippen LogP contribution in [-0.4, -0.2) is 55.6 Å². The number of ether oxygens (including phenoxy) is 1. The van der Waals surface area contributed by atoms with E-state index in [0.29, 0.717) is 6.61 Å². The first-order valence-corrected chi connectivity index (χ1v) is 7.77. The van der Waals surface area contributed by atoms with E-state index in [1.807, 2.05) is 19.1 Å². The number of hydrogen-bond acceptors (Lipinski definition) is 4. The molecule has 0 spiro atoms. The van der Waals surface area contributed by atoms with Gasteiger partial charge in [0.2, 0.25) is 0 Å². The lowest BCUT2D eigenvalue weighted by Crippen LogP contribution is -2.37. The van der Waals surface area contributed by atoms with E-state index < -0.39 is 0 Å². The Labute approximate surface area is 127 Å². The van der Waals surface area contributed by atoms with Crippen LogP contribution in [-0.2, 0) is 9.53 Å². The first-order chi connectivity index (χ1) is 10.1. The summed E-state index contributed by atoms with van der Waals surface area (Å²) in [7, 11) is 2.13. The smallest absolute Gasteiger partial charge is 0.328 e. The fourth-order valence-corrected chi connectivity index (χ4v) is 2.79. The highest BCUT2D eigenvalue weighted by atomic mass is 16.5. The Morgan fingerprint density at radius 1 is 1.19 bits per heavy atom. The van der Waals surface area contributed by atoms with Gasteiger partial charge in [-0.15, -0.1) is 0 Å². The lowest BCUT2D eigenvalue weighted by molar-refractivity contribution is -0.149. The van der Waals surface area contributed by atoms with Gasteiger partial charge in [0, 0.05) is 19.6 Å². The number of benzene rings is 1. The molecule has 1 aromatic carbocycles. The third kappa shape index (κ3) is 4.29. The van der Waals surface area contributed by atoms with Crippen molar-refractivity contribution in [2.24, 2.45) is 0 Å². The van der Waals surface area contributed by atoms with E-state index >= 15 is 0 Å². The molecule has 1 unspecified atom stereocenters. The molecule has 4 nitrogen and oxygen atoms in total. The molecule has 1 saturated heterocycles. The standard InChI is InChI=1S/C17H26N2O2/c1-4-21-17(20)16(15-8-6-14(2)7-9-15)19-11-5-10-18(3)12-13-19/h6-9,16H,4-5,10-13H2,1-3H3. The Hall–Kier alpha value is -1.39. The molecule has 0 aliphatic carbocycles. The van der Waals surface area contributed by atoms with Crippen LogP contribution in [0.2, 0.25) is 0 Å². The zero-order valence-corrected chi connectivity index (χ0v) is 13.3. The van der Waals surface area contributed by atoms with Crippen molar-refractivity contribution in [1.82, 2.24) is 9.80 Å². The first-order valence-electron chi connectivity index (χ1n) is 7.77. The van der Waals surface area contributed by atoms with Gasteiger partial charge < -0.3 is 9.64 Å². The fourth-order valence-electron chi connectivity index (χ4n) is 2.79. The molecular formula is C17H26N2O2. The van der Waals surface area contributed by atoms with Gasteiger partial charge in [-0.05, 0) is 39.4 Å². The largest absolute Gasteiger partial charge is 0.465 e. The molecule has 1 aliphatic rings. The second-order valence-corrected chi connectivity index (χ2v) is 5.76. The van der Waals surface area contributed by atoms with Crippen molar-refractivity contribution in [3.05, 3.63) is 35.4 Å². The van der Waals surface area contributed by atoms with Crippen LogP contribution in [0.5, 0.6) is 0 Å². The minimum atomic E-state index is -0.281. The fraction of sp³-hybridized carbons (Fsp3) is 0.588. The molecule has 4 heteroatoms. The van der Waals surface area contributed by atoms with E-state index in [4.69, 9.17) is 4.74 Å². The van der Waals surface area contributed by atoms with E-state index in [1.165, 1.54) is 5.56 Å². The predicted molar refractivity (Wildman–Crippen MR) is 84.2 cm³/mol. The van der Waals surface area contributed by atoms with Crippen LogP contribution in [0.15, 0.2) is 24.3 Å². The second kappa shape index (κ2) is 7.57. The van der Waals surface area contributed by atoms with Crippen LogP contribution in [0.1, 0.15) is 30.5 Å². The first kappa shape index (κ1) is 16.0. The highest BCUT2D eigenvalue weighted by molar-refractivity contribution is 5.77. The van der Waals surface area contributed by atoms with Gasteiger partial charge in [0.15, 0.2) is 0 Å². The van der Waals surface area contributed by atoms with Crippen molar-refractivity contribution in [3.8, 4) is 0 Å². The normalized spacial score (nSPS) is 19.0. The zero-order chi connectivity index (χ0) is 15.2. The second-order valence-electron chi connectivity index (χ2n) is 5.76. The SMILES string of the molecule is CCOC(=O)C(c1ccc(C)cc1)N1CCCN(C)CC1. The van der Waals surface area contributed by atoms with Gasteiger partial charge in [0.05, 0.1) is 6.61 Å². The van der Waals surface area contributed by atoms with Crippen molar-refractivity contribution in [2.75, 3.05) is 39.8 Å². The van der Waals surface area contributed by atoms with Crippen molar-refractivity contribution < 1.29 is 9.53 Å². The molecule has 0 radical (unpaired) electrons. The minimum Gasteiger partial charge on any atom is -0.465 e. The van der Waals surface area contributed by atoms with Gasteiger partial charge in [-0.2, -0.15) is 0 Å². The van der Waals surface area contributed by atoms with Crippen LogP contribution in [0.25, 0.3) is 0 Å². The van der Waals surface area contributed by atoms with Gasteiger partial charge >= 0.3 is 5.97 Å². The highest BCUT2D eigenvalue weighted by Crippen LogP contribution is 2.24. The third-order valence-electron chi connectivity index (χ3n) is 4.02. The summed E-state index contributed by atoms with van der Waals surface area (Å²) >= 11 is 0. The summed E-state index contributed by atoms with van der Waals surface area (Å²) in [5.74, 6) is -0.133. The van der Waals surface area contributed by atoms with Gasteiger partial charge in [0.25, 0.3) is 0 Å². The predicted octanol–water partition coefficient (Wildman–Crippen LogP) is 2.24. The Bertz CT molecular complexity index is 458. The van der Waals surface area contributed by atoms with E-state index in [9.17, 15) is 4.79 Å². The molecule has 1 aromatic rings. The average molecular weight is 290 g/mol. The monoisotopic (exact) mass is 290 g/mol. The van der Waals surface area contributed by atoms with E-state index in [2.05, 4.69) is 35.9 Å². The molecule has 21 heavy (non-hydrogen) atoms. The van der Waals surface area contributed by atoms with Crippen LogP contribution >= 0.6 is 0 Å². The molecule has 0 aromatic heterocycles. The topological polar surface area (TPSA) is 32.8 Å². The summed E-state index contributed by atoms with van der Waals surface area (Å²) < 4.78 is 5.32. The Morgan fingerprint density at radius 3 is 2.57 bits per heavy atom. The number of hydrogen-bond donors (Lipinski definition) is 0. The zero-order valence-electron chi connectivity index (χ0n) is 13.3. The summed E-state index contributed by atoms with van der Waals surface area (Å²) in [5.41, 5.74) is 2.24. The molecule has 0 N–H and O–H groups in total.